The molecular weight excluding hydrogens is 534 g/mol. The van der Waals surface area contributed by atoms with Gasteiger partial charge in [-0.05, 0) is 31.4 Å². The number of amides is 2. The Balaban J connectivity index is 1.48. The topological polar surface area (TPSA) is 111 Å². The van der Waals surface area contributed by atoms with Crippen molar-refractivity contribution >= 4 is 17.7 Å². The van der Waals surface area contributed by atoms with Crippen LogP contribution < -0.4 is 4.90 Å². The molecule has 1 saturated heterocycles. The molecule has 2 N–H and O–H groups in total. The molecule has 2 amide bonds. The maximum Gasteiger partial charge on any atom is 0.407 e. The minimum absolute atomic E-state index is 0.196. The molecule has 0 bridgehead atoms. The number of piperazine rings is 1. The fourth-order valence-corrected chi connectivity index (χ4v) is 6.49. The summed E-state index contributed by atoms with van der Waals surface area (Å²) in [4.78, 5) is 36.2. The number of aromatic nitrogens is 2. The molecule has 2 aromatic carbocycles. The van der Waals surface area contributed by atoms with Crippen LogP contribution in [0.5, 0.6) is 0 Å². The van der Waals surface area contributed by atoms with Crippen molar-refractivity contribution in [1.29, 1.82) is 0 Å². The summed E-state index contributed by atoms with van der Waals surface area (Å²) in [7, 11) is 3.59. The van der Waals surface area contributed by atoms with Gasteiger partial charge in [-0.3, -0.25) is 4.79 Å². The molecule has 5 rings (SSSR count). The van der Waals surface area contributed by atoms with Crippen molar-refractivity contribution in [1.82, 2.24) is 19.4 Å². The molecule has 0 unspecified atom stereocenters. The summed E-state index contributed by atoms with van der Waals surface area (Å²) in [5, 5.41) is 21.4. The van der Waals surface area contributed by atoms with Gasteiger partial charge in [0.2, 0.25) is 0 Å². The predicted molar refractivity (Wildman–Crippen MR) is 161 cm³/mol. The first-order valence-corrected chi connectivity index (χ1v) is 14.7. The van der Waals surface area contributed by atoms with E-state index < -0.39 is 11.7 Å². The number of aliphatic hydroxyl groups is 1. The van der Waals surface area contributed by atoms with Gasteiger partial charge in [0.05, 0.1) is 30.7 Å². The average Bonchev–Trinajstić information content (AvgIpc) is 3.45. The second-order valence-electron chi connectivity index (χ2n) is 11.4. The van der Waals surface area contributed by atoms with Crippen LogP contribution in [0.1, 0.15) is 48.6 Å². The van der Waals surface area contributed by atoms with Crippen LogP contribution in [0.25, 0.3) is 11.3 Å². The minimum atomic E-state index is -1.07. The summed E-state index contributed by atoms with van der Waals surface area (Å²) < 4.78 is 7.40. The van der Waals surface area contributed by atoms with Crippen LogP contribution in [0, 0.1) is 0 Å². The molecule has 0 spiro atoms. The SMILES string of the molecule is COC[C@]1(O)CCCC[C@H]1n1cnc(C(=O)N2CCN(C(=O)O)C[C@H]2CCN(C)c2ccccc2)c1-c1ccccc1. The number of anilines is 1. The van der Waals surface area contributed by atoms with Crippen molar-refractivity contribution in [3.8, 4) is 11.3 Å². The number of hydrogen-bond acceptors (Lipinski definition) is 6. The number of ether oxygens (including phenoxy) is 1. The van der Waals surface area contributed by atoms with E-state index in [0.717, 1.165) is 30.5 Å². The highest BCUT2D eigenvalue weighted by Gasteiger charge is 2.43. The molecule has 10 nitrogen and oxygen atoms in total. The highest BCUT2D eigenvalue weighted by Crippen LogP contribution is 2.41. The molecule has 10 heteroatoms. The van der Waals surface area contributed by atoms with Gasteiger partial charge in [0.15, 0.2) is 5.69 Å². The first-order chi connectivity index (χ1) is 20.3. The van der Waals surface area contributed by atoms with Crippen LogP contribution >= 0.6 is 0 Å². The van der Waals surface area contributed by atoms with E-state index in [1.54, 1.807) is 18.3 Å². The van der Waals surface area contributed by atoms with E-state index in [-0.39, 0.29) is 44.2 Å². The fraction of sp³-hybridized carbons (Fsp3) is 0.469. The first kappa shape index (κ1) is 29.6. The number of carbonyl (C=O) groups is 2. The Hall–Kier alpha value is -3.89. The number of methoxy groups -OCH3 is 1. The smallest absolute Gasteiger partial charge is 0.407 e. The molecular formula is C32H41N5O5. The number of carboxylic acid groups (broad SMARTS) is 1. The fourth-order valence-electron chi connectivity index (χ4n) is 6.49. The number of nitrogens with zero attached hydrogens (tertiary/aromatic N) is 5. The molecule has 224 valence electrons. The third kappa shape index (κ3) is 6.15. The molecule has 3 atom stereocenters. The number of rotatable bonds is 9. The second kappa shape index (κ2) is 13.0. The van der Waals surface area contributed by atoms with Gasteiger partial charge in [0.25, 0.3) is 5.91 Å². The average molecular weight is 576 g/mol. The highest BCUT2D eigenvalue weighted by atomic mass is 16.5. The van der Waals surface area contributed by atoms with E-state index >= 15 is 0 Å². The van der Waals surface area contributed by atoms with E-state index in [1.807, 2.05) is 72.3 Å². The molecule has 1 saturated carbocycles. The van der Waals surface area contributed by atoms with E-state index in [4.69, 9.17) is 4.74 Å². The summed E-state index contributed by atoms with van der Waals surface area (Å²) in [5.74, 6) is -0.226. The Kier molecular flexibility index (Phi) is 9.13. The molecule has 2 aliphatic rings. The number of para-hydroxylation sites is 1. The van der Waals surface area contributed by atoms with Crippen molar-refractivity contribution in [2.75, 3.05) is 51.8 Å². The monoisotopic (exact) mass is 575 g/mol. The third-order valence-electron chi connectivity index (χ3n) is 8.74. The standard InChI is InChI=1S/C32H41N5O5/c1-34(25-13-7-4-8-14-25)18-16-26-21-35(31(39)40)19-20-36(26)30(38)28-29(24-11-5-3-6-12-24)37(23-33-28)27-15-9-10-17-32(27,41)22-42-2/h3-8,11-14,23,26-27,41H,9-10,15-22H2,1-2H3,(H,39,40)/t26-,27-,32-/m1/s1. The molecule has 1 aromatic heterocycles. The van der Waals surface area contributed by atoms with Crippen LogP contribution in [-0.2, 0) is 4.74 Å². The molecule has 3 aromatic rings. The van der Waals surface area contributed by atoms with E-state index in [1.165, 1.54) is 4.90 Å². The summed E-state index contributed by atoms with van der Waals surface area (Å²) >= 11 is 0. The van der Waals surface area contributed by atoms with E-state index in [9.17, 15) is 19.8 Å². The lowest BCUT2D eigenvalue weighted by Crippen LogP contribution is -2.57. The molecule has 42 heavy (non-hydrogen) atoms. The Morgan fingerprint density at radius 2 is 1.79 bits per heavy atom. The van der Waals surface area contributed by atoms with Crippen LogP contribution in [0.4, 0.5) is 10.5 Å². The zero-order chi connectivity index (χ0) is 29.7. The van der Waals surface area contributed by atoms with Gasteiger partial charge in [-0.2, -0.15) is 0 Å². The van der Waals surface area contributed by atoms with Crippen molar-refractivity contribution in [2.24, 2.45) is 0 Å². The Morgan fingerprint density at radius 1 is 1.07 bits per heavy atom. The number of benzene rings is 2. The Bertz CT molecular complexity index is 1350. The second-order valence-corrected chi connectivity index (χ2v) is 11.4. The zero-order valence-corrected chi connectivity index (χ0v) is 24.4. The normalized spacial score (nSPS) is 22.6. The van der Waals surface area contributed by atoms with Gasteiger partial charge in [-0.1, -0.05) is 61.4 Å². The van der Waals surface area contributed by atoms with Crippen LogP contribution in [0.15, 0.2) is 67.0 Å². The minimum Gasteiger partial charge on any atom is -0.465 e. The summed E-state index contributed by atoms with van der Waals surface area (Å²) in [6.07, 6.45) is 4.51. The van der Waals surface area contributed by atoms with Crippen LogP contribution in [0.2, 0.25) is 0 Å². The molecule has 1 aliphatic carbocycles. The number of imidazole rings is 1. The Labute approximate surface area is 247 Å². The summed E-state index contributed by atoms with van der Waals surface area (Å²) in [6, 6.07) is 19.1. The Morgan fingerprint density at radius 3 is 2.48 bits per heavy atom. The maximum atomic E-state index is 14.4. The van der Waals surface area contributed by atoms with E-state index in [0.29, 0.717) is 30.8 Å². The van der Waals surface area contributed by atoms with Gasteiger partial charge in [0, 0.05) is 51.6 Å². The molecule has 2 heterocycles. The number of hydrogen-bond donors (Lipinski definition) is 2. The lowest BCUT2D eigenvalue weighted by atomic mass is 9.80. The number of carbonyl (C=O) groups excluding carboxylic acids is 1. The highest BCUT2D eigenvalue weighted by molar-refractivity contribution is 5.98. The maximum absolute atomic E-state index is 14.4. The van der Waals surface area contributed by atoms with Crippen molar-refractivity contribution in [3.05, 3.63) is 72.7 Å². The first-order valence-electron chi connectivity index (χ1n) is 14.7. The van der Waals surface area contributed by atoms with Crippen molar-refractivity contribution in [2.45, 2.75) is 49.8 Å². The molecule has 2 fully saturated rings. The van der Waals surface area contributed by atoms with E-state index in [2.05, 4.69) is 9.88 Å². The van der Waals surface area contributed by atoms with Crippen molar-refractivity contribution < 1.29 is 24.5 Å². The summed E-state index contributed by atoms with van der Waals surface area (Å²) in [5.41, 5.74) is 1.81. The van der Waals surface area contributed by atoms with Gasteiger partial charge < -0.3 is 34.2 Å². The van der Waals surface area contributed by atoms with Crippen molar-refractivity contribution in [3.63, 3.8) is 0 Å². The lowest BCUT2D eigenvalue weighted by Gasteiger charge is -2.41. The predicted octanol–water partition coefficient (Wildman–Crippen LogP) is 4.37. The molecule has 0 radical (unpaired) electrons. The largest absolute Gasteiger partial charge is 0.465 e. The van der Waals surface area contributed by atoms with Crippen LogP contribution in [0.3, 0.4) is 0 Å². The van der Waals surface area contributed by atoms with Gasteiger partial charge in [0.1, 0.15) is 5.60 Å². The quantitative estimate of drug-likeness (QED) is 0.390. The van der Waals surface area contributed by atoms with Gasteiger partial charge in [-0.25, -0.2) is 9.78 Å². The lowest BCUT2D eigenvalue weighted by molar-refractivity contribution is -0.0893. The van der Waals surface area contributed by atoms with Gasteiger partial charge >= 0.3 is 6.09 Å². The zero-order valence-electron chi connectivity index (χ0n) is 24.4. The van der Waals surface area contributed by atoms with Gasteiger partial charge in [-0.15, -0.1) is 0 Å². The summed E-state index contributed by atoms with van der Waals surface area (Å²) in [6.45, 7) is 1.60. The van der Waals surface area contributed by atoms with Crippen LogP contribution in [-0.4, -0.2) is 100 Å². The third-order valence-corrected chi connectivity index (χ3v) is 8.74. The molecule has 1 aliphatic heterocycles.